The first-order valence-electron chi connectivity index (χ1n) is 8.02. The van der Waals surface area contributed by atoms with E-state index in [-0.39, 0.29) is 10.6 Å². The molecule has 1 unspecified atom stereocenters. The Morgan fingerprint density at radius 2 is 2.22 bits per heavy atom. The van der Waals surface area contributed by atoms with Crippen LogP contribution < -0.4 is 10.2 Å². The molecule has 126 valence electrons. The number of hydrogen-bond acceptors (Lipinski definition) is 7. The van der Waals surface area contributed by atoms with Crippen LogP contribution in [-0.4, -0.2) is 67.3 Å². The van der Waals surface area contributed by atoms with Crippen LogP contribution in [0, 0.1) is 10.1 Å². The number of likely N-dealkylation sites (N-methyl/N-ethyl adjacent to an activating group) is 1. The number of morpholine rings is 1. The van der Waals surface area contributed by atoms with Crippen molar-refractivity contribution in [2.75, 3.05) is 51.3 Å². The fourth-order valence-corrected chi connectivity index (χ4v) is 3.19. The van der Waals surface area contributed by atoms with Gasteiger partial charge in [0.05, 0.1) is 18.1 Å². The van der Waals surface area contributed by atoms with E-state index in [1.165, 1.54) is 0 Å². The van der Waals surface area contributed by atoms with Gasteiger partial charge in [-0.1, -0.05) is 0 Å². The minimum atomic E-state index is -0.310. The number of likely N-dealkylation sites (tertiary alicyclic amines) is 1. The van der Waals surface area contributed by atoms with Crippen molar-refractivity contribution < 1.29 is 9.66 Å². The quantitative estimate of drug-likeness (QED) is 0.628. The van der Waals surface area contributed by atoms with Gasteiger partial charge < -0.3 is 19.9 Å². The summed E-state index contributed by atoms with van der Waals surface area (Å²) in [6, 6.07) is 2.13. The van der Waals surface area contributed by atoms with Crippen molar-refractivity contribution in [1.29, 1.82) is 0 Å². The molecule has 2 saturated heterocycles. The summed E-state index contributed by atoms with van der Waals surface area (Å²) in [4.78, 5) is 19.8. The average Bonchev–Trinajstić information content (AvgIpc) is 2.98. The SMILES string of the molecule is CN1CCC(NCc2ccnc(N3CCOCC3)c2[N+](=O)[O-])C1. The van der Waals surface area contributed by atoms with Crippen LogP contribution in [-0.2, 0) is 11.3 Å². The van der Waals surface area contributed by atoms with Crippen LogP contribution in [0.4, 0.5) is 11.5 Å². The lowest BCUT2D eigenvalue weighted by molar-refractivity contribution is -0.385. The third-order valence-electron chi connectivity index (χ3n) is 4.45. The van der Waals surface area contributed by atoms with Crippen LogP contribution in [0.3, 0.4) is 0 Å². The largest absolute Gasteiger partial charge is 0.378 e. The van der Waals surface area contributed by atoms with Crippen molar-refractivity contribution in [2.45, 2.75) is 19.0 Å². The van der Waals surface area contributed by atoms with E-state index in [1.807, 2.05) is 4.90 Å². The molecule has 8 nitrogen and oxygen atoms in total. The lowest BCUT2D eigenvalue weighted by Crippen LogP contribution is -2.37. The van der Waals surface area contributed by atoms with Crippen LogP contribution in [0.2, 0.25) is 0 Å². The topological polar surface area (TPSA) is 83.8 Å². The van der Waals surface area contributed by atoms with Crippen LogP contribution in [0.1, 0.15) is 12.0 Å². The van der Waals surface area contributed by atoms with Gasteiger partial charge in [-0.2, -0.15) is 0 Å². The van der Waals surface area contributed by atoms with Gasteiger partial charge in [0, 0.05) is 44.0 Å². The lowest BCUT2D eigenvalue weighted by Gasteiger charge is -2.27. The van der Waals surface area contributed by atoms with Crippen LogP contribution in [0.5, 0.6) is 0 Å². The summed E-state index contributed by atoms with van der Waals surface area (Å²) in [7, 11) is 2.09. The van der Waals surface area contributed by atoms with E-state index < -0.39 is 0 Å². The number of aromatic nitrogens is 1. The summed E-state index contributed by atoms with van der Waals surface area (Å²) in [5, 5.41) is 15.0. The van der Waals surface area contributed by atoms with Crippen molar-refractivity contribution in [1.82, 2.24) is 15.2 Å². The van der Waals surface area contributed by atoms with Crippen LogP contribution in [0.25, 0.3) is 0 Å². The van der Waals surface area contributed by atoms with Crippen molar-refractivity contribution in [2.24, 2.45) is 0 Å². The molecule has 1 N–H and O–H groups in total. The predicted molar refractivity (Wildman–Crippen MR) is 86.7 cm³/mol. The van der Waals surface area contributed by atoms with Crippen molar-refractivity contribution in [3.8, 4) is 0 Å². The first kappa shape index (κ1) is 16.1. The Kier molecular flexibility index (Phi) is 5.04. The highest BCUT2D eigenvalue weighted by Crippen LogP contribution is 2.30. The van der Waals surface area contributed by atoms with E-state index in [9.17, 15) is 10.1 Å². The fraction of sp³-hybridized carbons (Fsp3) is 0.667. The maximum atomic E-state index is 11.6. The first-order valence-corrected chi connectivity index (χ1v) is 8.02. The molecule has 23 heavy (non-hydrogen) atoms. The molecular weight excluding hydrogens is 298 g/mol. The van der Waals surface area contributed by atoms with E-state index in [0.717, 1.165) is 19.5 Å². The molecule has 1 aromatic rings. The Labute approximate surface area is 135 Å². The molecule has 2 aliphatic rings. The number of ether oxygens (including phenoxy) is 1. The van der Waals surface area contributed by atoms with Gasteiger partial charge >= 0.3 is 5.69 Å². The molecule has 0 aliphatic carbocycles. The molecule has 0 amide bonds. The average molecular weight is 321 g/mol. The Morgan fingerprint density at radius 1 is 1.43 bits per heavy atom. The molecule has 3 rings (SSSR count). The third kappa shape index (κ3) is 3.77. The maximum Gasteiger partial charge on any atom is 0.316 e. The Balaban J connectivity index is 1.77. The summed E-state index contributed by atoms with van der Waals surface area (Å²) in [5.74, 6) is 0.459. The maximum absolute atomic E-state index is 11.6. The number of pyridine rings is 1. The molecule has 8 heteroatoms. The number of hydrogen-bond donors (Lipinski definition) is 1. The normalized spacial score (nSPS) is 22.5. The summed E-state index contributed by atoms with van der Waals surface area (Å²) >= 11 is 0. The number of nitrogens with zero attached hydrogens (tertiary/aromatic N) is 4. The van der Waals surface area contributed by atoms with Gasteiger partial charge in [-0.3, -0.25) is 10.1 Å². The first-order chi connectivity index (χ1) is 11.1. The molecule has 3 heterocycles. The number of nitrogens with one attached hydrogen (secondary N) is 1. The van der Waals surface area contributed by atoms with Gasteiger partial charge in [-0.15, -0.1) is 0 Å². The van der Waals surface area contributed by atoms with E-state index >= 15 is 0 Å². The second-order valence-corrected chi connectivity index (χ2v) is 6.13. The molecule has 2 aliphatic heterocycles. The zero-order chi connectivity index (χ0) is 16.2. The van der Waals surface area contributed by atoms with E-state index in [0.29, 0.717) is 50.3 Å². The van der Waals surface area contributed by atoms with Gasteiger partial charge in [0.2, 0.25) is 5.82 Å². The Morgan fingerprint density at radius 3 is 2.87 bits per heavy atom. The van der Waals surface area contributed by atoms with Crippen molar-refractivity contribution in [3.05, 3.63) is 27.9 Å². The van der Waals surface area contributed by atoms with E-state index in [1.54, 1.807) is 12.3 Å². The number of nitro groups is 1. The monoisotopic (exact) mass is 321 g/mol. The molecule has 0 spiro atoms. The molecule has 0 saturated carbocycles. The highest BCUT2D eigenvalue weighted by atomic mass is 16.6. The van der Waals surface area contributed by atoms with Crippen LogP contribution in [0.15, 0.2) is 12.3 Å². The molecular formula is C15H23N5O3. The third-order valence-corrected chi connectivity index (χ3v) is 4.45. The van der Waals surface area contributed by atoms with Gasteiger partial charge in [0.25, 0.3) is 0 Å². The summed E-state index contributed by atoms with van der Waals surface area (Å²) in [5.41, 5.74) is 0.814. The van der Waals surface area contributed by atoms with Crippen molar-refractivity contribution in [3.63, 3.8) is 0 Å². The predicted octanol–water partition coefficient (Wildman–Crippen LogP) is 0.620. The van der Waals surface area contributed by atoms with E-state index in [4.69, 9.17) is 4.74 Å². The summed E-state index contributed by atoms with van der Waals surface area (Å²) < 4.78 is 5.32. The Hall–Kier alpha value is -1.77. The van der Waals surface area contributed by atoms with Crippen LogP contribution >= 0.6 is 0 Å². The number of anilines is 1. The Bertz CT molecular complexity index is 562. The minimum Gasteiger partial charge on any atom is -0.378 e. The summed E-state index contributed by atoms with van der Waals surface area (Å²) in [6.45, 7) is 4.97. The minimum absolute atomic E-state index is 0.119. The standard InChI is InChI=1S/C15H23N5O3/c1-18-5-3-13(11-18)17-10-12-2-4-16-15(14(12)20(21)22)19-6-8-23-9-7-19/h2,4,13,17H,3,5-11H2,1H3. The molecule has 0 aromatic carbocycles. The zero-order valence-corrected chi connectivity index (χ0v) is 13.4. The molecule has 1 atom stereocenters. The van der Waals surface area contributed by atoms with Gasteiger partial charge in [-0.05, 0) is 26.1 Å². The highest BCUT2D eigenvalue weighted by molar-refractivity contribution is 5.62. The second kappa shape index (κ2) is 7.20. The second-order valence-electron chi connectivity index (χ2n) is 6.13. The molecule has 0 radical (unpaired) electrons. The molecule has 2 fully saturated rings. The zero-order valence-electron chi connectivity index (χ0n) is 13.4. The molecule has 1 aromatic heterocycles. The van der Waals surface area contributed by atoms with Gasteiger partial charge in [0.1, 0.15) is 0 Å². The van der Waals surface area contributed by atoms with E-state index in [2.05, 4.69) is 22.2 Å². The van der Waals surface area contributed by atoms with Gasteiger partial charge in [0.15, 0.2) is 0 Å². The number of rotatable bonds is 5. The smallest absolute Gasteiger partial charge is 0.316 e. The highest BCUT2D eigenvalue weighted by Gasteiger charge is 2.27. The lowest BCUT2D eigenvalue weighted by atomic mass is 10.1. The van der Waals surface area contributed by atoms with Crippen molar-refractivity contribution >= 4 is 11.5 Å². The van der Waals surface area contributed by atoms with Gasteiger partial charge in [-0.25, -0.2) is 4.98 Å². The summed E-state index contributed by atoms with van der Waals surface area (Å²) in [6.07, 6.45) is 2.74. The molecule has 0 bridgehead atoms. The fourth-order valence-electron chi connectivity index (χ4n) is 3.19.